The minimum absolute atomic E-state index is 0.111. The fourth-order valence-electron chi connectivity index (χ4n) is 2.56. The third-order valence-electron chi connectivity index (χ3n) is 3.75. The van der Waals surface area contributed by atoms with Crippen LogP contribution in [0.15, 0.2) is 23.4 Å². The number of aromatic hydroxyl groups is 1. The highest BCUT2D eigenvalue weighted by Gasteiger charge is 2.34. The summed E-state index contributed by atoms with van der Waals surface area (Å²) >= 11 is 0. The molecule has 0 saturated carbocycles. The van der Waals surface area contributed by atoms with Gasteiger partial charge in [-0.05, 0) is 25.0 Å². The monoisotopic (exact) mass is 365 g/mol. The lowest BCUT2D eigenvalue weighted by atomic mass is 9.94. The van der Waals surface area contributed by atoms with Crippen LogP contribution in [0.4, 0.5) is 10.5 Å². The molecule has 26 heavy (non-hydrogen) atoms. The van der Waals surface area contributed by atoms with Gasteiger partial charge in [0.1, 0.15) is 0 Å². The summed E-state index contributed by atoms with van der Waals surface area (Å²) in [5.41, 5.74) is -0.0234. The summed E-state index contributed by atoms with van der Waals surface area (Å²) in [6, 6.07) is 0.823. The number of ether oxygens (including phenoxy) is 2. The Labute approximate surface area is 148 Å². The smallest absolute Gasteiger partial charge is 0.338 e. The number of benzene rings is 1. The van der Waals surface area contributed by atoms with E-state index in [9.17, 15) is 24.8 Å². The number of nitrogens with one attached hydrogen (secondary N) is 2. The van der Waals surface area contributed by atoms with Crippen molar-refractivity contribution in [3.8, 4) is 11.5 Å². The number of nitro benzene ring substituents is 1. The maximum atomic E-state index is 12.4. The second-order valence-corrected chi connectivity index (χ2v) is 5.55. The van der Waals surface area contributed by atoms with Gasteiger partial charge in [0, 0.05) is 11.8 Å². The van der Waals surface area contributed by atoms with Crippen LogP contribution in [0.3, 0.4) is 0 Å². The summed E-state index contributed by atoms with van der Waals surface area (Å²) in [6.45, 7) is 3.55. The minimum Gasteiger partial charge on any atom is -0.500 e. The van der Waals surface area contributed by atoms with Gasteiger partial charge in [0.15, 0.2) is 5.75 Å². The number of hydrogen-bond donors (Lipinski definition) is 3. The Balaban J connectivity index is 2.57. The Hall–Kier alpha value is -3.30. The van der Waals surface area contributed by atoms with Gasteiger partial charge in [-0.2, -0.15) is 0 Å². The number of esters is 1. The quantitative estimate of drug-likeness (QED) is 0.397. The summed E-state index contributed by atoms with van der Waals surface area (Å²) < 4.78 is 10.1. The molecule has 1 aromatic rings. The molecular formula is C16H19N3O7. The molecule has 3 N–H and O–H groups in total. The molecule has 1 aliphatic rings. The Bertz CT molecular complexity index is 788. The average molecular weight is 365 g/mol. The first-order valence-corrected chi connectivity index (χ1v) is 7.80. The number of allylic oxidation sites excluding steroid dienone is 1. The van der Waals surface area contributed by atoms with Crippen LogP contribution in [0, 0.1) is 10.1 Å². The fraction of sp³-hybridized carbons (Fsp3) is 0.375. The molecule has 0 saturated heterocycles. The molecule has 1 aliphatic heterocycles. The van der Waals surface area contributed by atoms with Crippen LogP contribution in [-0.4, -0.2) is 35.7 Å². The normalized spacial score (nSPS) is 16.6. The van der Waals surface area contributed by atoms with Crippen molar-refractivity contribution in [1.82, 2.24) is 10.6 Å². The zero-order chi connectivity index (χ0) is 19.4. The van der Waals surface area contributed by atoms with Gasteiger partial charge in [-0.25, -0.2) is 9.59 Å². The van der Waals surface area contributed by atoms with E-state index in [1.165, 1.54) is 20.1 Å². The molecule has 10 nitrogen and oxygen atoms in total. The average Bonchev–Trinajstić information content (AvgIpc) is 2.58. The Morgan fingerprint density at radius 1 is 1.42 bits per heavy atom. The summed E-state index contributed by atoms with van der Waals surface area (Å²) in [5, 5.41) is 26.1. The fourth-order valence-corrected chi connectivity index (χ4v) is 2.56. The van der Waals surface area contributed by atoms with Crippen LogP contribution in [0.1, 0.15) is 31.9 Å². The molecule has 2 amide bonds. The van der Waals surface area contributed by atoms with E-state index >= 15 is 0 Å². The lowest BCUT2D eigenvalue weighted by Gasteiger charge is -2.28. The maximum absolute atomic E-state index is 12.4. The molecule has 0 fully saturated rings. The van der Waals surface area contributed by atoms with Crippen LogP contribution in [0.5, 0.6) is 11.5 Å². The van der Waals surface area contributed by atoms with E-state index in [0.29, 0.717) is 6.42 Å². The number of nitrogens with zero attached hydrogens (tertiary/aromatic N) is 1. The highest BCUT2D eigenvalue weighted by atomic mass is 16.6. The standard InChI is InChI=1S/C16H19N3O7/c1-4-5-26-15(21)12-8(2)17-16(22)18-13(12)9-6-10(19(23)24)14(20)11(7-9)25-3/h6-7,13,20H,4-5H2,1-3H3,(H2,17,18,22)/t13-/m1/s1. The van der Waals surface area contributed by atoms with Crippen LogP contribution >= 0.6 is 0 Å². The minimum atomic E-state index is -0.999. The van der Waals surface area contributed by atoms with Crippen molar-refractivity contribution < 1.29 is 29.1 Å². The second kappa shape index (κ2) is 7.72. The summed E-state index contributed by atoms with van der Waals surface area (Å²) in [7, 11) is 1.24. The molecule has 1 atom stereocenters. The predicted molar refractivity (Wildman–Crippen MR) is 89.7 cm³/mol. The molecule has 1 heterocycles. The third kappa shape index (κ3) is 3.68. The summed E-state index contributed by atoms with van der Waals surface area (Å²) in [5.74, 6) is -1.45. The number of carbonyl (C=O) groups is 2. The van der Waals surface area contributed by atoms with Crippen molar-refractivity contribution >= 4 is 17.7 Å². The largest absolute Gasteiger partial charge is 0.500 e. The Morgan fingerprint density at radius 3 is 2.69 bits per heavy atom. The summed E-state index contributed by atoms with van der Waals surface area (Å²) in [6.07, 6.45) is 0.612. The molecule has 1 aromatic carbocycles. The molecule has 0 bridgehead atoms. The number of phenolic OH excluding ortho intramolecular Hbond substituents is 1. The van der Waals surface area contributed by atoms with E-state index in [1.807, 2.05) is 6.92 Å². The molecule has 0 unspecified atom stereocenters. The number of amides is 2. The molecule has 140 valence electrons. The molecule has 0 radical (unpaired) electrons. The second-order valence-electron chi connectivity index (χ2n) is 5.55. The topological polar surface area (TPSA) is 140 Å². The van der Waals surface area contributed by atoms with Gasteiger partial charge in [0.05, 0.1) is 30.3 Å². The van der Waals surface area contributed by atoms with Crippen LogP contribution in [0.2, 0.25) is 0 Å². The van der Waals surface area contributed by atoms with Gasteiger partial charge < -0.3 is 25.2 Å². The molecule has 0 spiro atoms. The van der Waals surface area contributed by atoms with Crippen LogP contribution in [-0.2, 0) is 9.53 Å². The van der Waals surface area contributed by atoms with E-state index in [4.69, 9.17) is 9.47 Å². The van der Waals surface area contributed by atoms with Gasteiger partial charge in [-0.15, -0.1) is 0 Å². The highest BCUT2D eigenvalue weighted by molar-refractivity contribution is 5.95. The number of hydrogen-bond acceptors (Lipinski definition) is 7. The van der Waals surface area contributed by atoms with Crippen molar-refractivity contribution in [1.29, 1.82) is 0 Å². The van der Waals surface area contributed by atoms with Crippen molar-refractivity contribution in [2.75, 3.05) is 13.7 Å². The first kappa shape index (κ1) is 19.0. The van der Waals surface area contributed by atoms with E-state index in [0.717, 1.165) is 6.07 Å². The molecule has 0 aliphatic carbocycles. The molecule has 0 aromatic heterocycles. The van der Waals surface area contributed by atoms with E-state index < -0.39 is 34.4 Å². The number of methoxy groups -OCH3 is 1. The SMILES string of the molecule is CCCOC(=O)C1=C(C)NC(=O)N[C@@H]1c1cc(OC)c(O)c([N+](=O)[O-])c1. The lowest BCUT2D eigenvalue weighted by Crippen LogP contribution is -2.45. The number of nitro groups is 1. The van der Waals surface area contributed by atoms with Gasteiger partial charge in [0.25, 0.3) is 0 Å². The van der Waals surface area contributed by atoms with Crippen LogP contribution < -0.4 is 15.4 Å². The Morgan fingerprint density at radius 2 is 2.12 bits per heavy atom. The van der Waals surface area contributed by atoms with E-state index in [1.54, 1.807) is 0 Å². The van der Waals surface area contributed by atoms with Gasteiger partial charge in [0.2, 0.25) is 5.75 Å². The summed E-state index contributed by atoms with van der Waals surface area (Å²) in [4.78, 5) is 34.7. The van der Waals surface area contributed by atoms with Crippen molar-refractivity contribution in [3.05, 3.63) is 39.1 Å². The first-order chi connectivity index (χ1) is 12.3. The maximum Gasteiger partial charge on any atom is 0.338 e. The zero-order valence-corrected chi connectivity index (χ0v) is 14.5. The van der Waals surface area contributed by atoms with Crippen molar-refractivity contribution in [3.63, 3.8) is 0 Å². The highest BCUT2D eigenvalue weighted by Crippen LogP contribution is 2.40. The molecular weight excluding hydrogens is 346 g/mol. The van der Waals surface area contributed by atoms with Crippen molar-refractivity contribution in [2.24, 2.45) is 0 Å². The molecule has 10 heteroatoms. The predicted octanol–water partition coefficient (Wildman–Crippen LogP) is 1.89. The van der Waals surface area contributed by atoms with Gasteiger partial charge >= 0.3 is 17.7 Å². The zero-order valence-electron chi connectivity index (χ0n) is 14.5. The number of phenols is 1. The Kier molecular flexibility index (Phi) is 5.65. The van der Waals surface area contributed by atoms with Gasteiger partial charge in [-0.3, -0.25) is 10.1 Å². The van der Waals surface area contributed by atoms with E-state index in [2.05, 4.69) is 10.6 Å². The third-order valence-corrected chi connectivity index (χ3v) is 3.75. The van der Waals surface area contributed by atoms with Crippen LogP contribution in [0.25, 0.3) is 0 Å². The first-order valence-electron chi connectivity index (χ1n) is 7.80. The number of rotatable bonds is 6. The molecule has 2 rings (SSSR count). The number of carbonyl (C=O) groups excluding carboxylic acids is 2. The number of urea groups is 1. The van der Waals surface area contributed by atoms with Gasteiger partial charge in [-0.1, -0.05) is 6.92 Å². The van der Waals surface area contributed by atoms with Crippen molar-refractivity contribution in [2.45, 2.75) is 26.3 Å². The lowest BCUT2D eigenvalue weighted by molar-refractivity contribution is -0.386. The van der Waals surface area contributed by atoms with E-state index in [-0.39, 0.29) is 29.2 Å².